The third-order valence-electron chi connectivity index (χ3n) is 3.27. The van der Waals surface area contributed by atoms with Crippen molar-refractivity contribution in [3.05, 3.63) is 59.2 Å². The van der Waals surface area contributed by atoms with E-state index in [1.165, 1.54) is 6.07 Å². The van der Waals surface area contributed by atoms with Crippen molar-refractivity contribution < 1.29 is 9.90 Å². The molecule has 0 aromatic heterocycles. The van der Waals surface area contributed by atoms with Crippen LogP contribution < -0.4 is 11.1 Å². The Balaban J connectivity index is 2.15. The van der Waals surface area contributed by atoms with Crippen LogP contribution in [-0.4, -0.2) is 11.0 Å². The van der Waals surface area contributed by atoms with Crippen LogP contribution in [0.4, 0.5) is 5.69 Å². The second kappa shape index (κ2) is 5.65. The van der Waals surface area contributed by atoms with Crippen molar-refractivity contribution in [1.29, 1.82) is 0 Å². The van der Waals surface area contributed by atoms with E-state index in [0.717, 1.165) is 5.56 Å². The molecule has 1 atom stereocenters. The molecule has 0 spiro atoms. The summed E-state index contributed by atoms with van der Waals surface area (Å²) >= 11 is 0. The Labute approximate surface area is 118 Å². The Bertz CT molecular complexity index is 638. The lowest BCUT2D eigenvalue weighted by atomic mass is 10.1. The van der Waals surface area contributed by atoms with Crippen molar-refractivity contribution in [3.8, 4) is 5.75 Å². The lowest BCUT2D eigenvalue weighted by Gasteiger charge is -2.16. The molecule has 0 aliphatic heterocycles. The normalized spacial score (nSPS) is 11.9. The number of para-hydroxylation sites is 1. The van der Waals surface area contributed by atoms with Gasteiger partial charge in [0.15, 0.2) is 0 Å². The molecule has 0 radical (unpaired) electrons. The summed E-state index contributed by atoms with van der Waals surface area (Å²) in [6.45, 7) is 3.64. The molecule has 4 heteroatoms. The zero-order valence-corrected chi connectivity index (χ0v) is 11.6. The molecule has 0 saturated heterocycles. The van der Waals surface area contributed by atoms with Crippen LogP contribution in [0.2, 0.25) is 0 Å². The van der Waals surface area contributed by atoms with Crippen molar-refractivity contribution >= 4 is 11.6 Å². The van der Waals surface area contributed by atoms with Gasteiger partial charge in [-0.2, -0.15) is 0 Å². The molecule has 0 fully saturated rings. The summed E-state index contributed by atoms with van der Waals surface area (Å²) in [7, 11) is 0. The monoisotopic (exact) mass is 270 g/mol. The fraction of sp³-hybridized carbons (Fsp3) is 0.188. The fourth-order valence-electron chi connectivity index (χ4n) is 2.06. The minimum atomic E-state index is -0.191. The number of rotatable bonds is 3. The summed E-state index contributed by atoms with van der Waals surface area (Å²) in [5.74, 6) is -0.00856. The number of amides is 1. The molecule has 0 heterocycles. The van der Waals surface area contributed by atoms with Crippen LogP contribution >= 0.6 is 0 Å². The molecule has 1 amide bonds. The van der Waals surface area contributed by atoms with Crippen LogP contribution in [0, 0.1) is 6.92 Å². The molecular weight excluding hydrogens is 252 g/mol. The number of phenols is 1. The van der Waals surface area contributed by atoms with Gasteiger partial charge in [-0.3, -0.25) is 4.79 Å². The van der Waals surface area contributed by atoms with Gasteiger partial charge in [0.25, 0.3) is 5.91 Å². The molecule has 2 rings (SSSR count). The summed E-state index contributed by atoms with van der Waals surface area (Å²) in [6, 6.07) is 12.0. The van der Waals surface area contributed by atoms with Gasteiger partial charge >= 0.3 is 0 Å². The van der Waals surface area contributed by atoms with Gasteiger partial charge < -0.3 is 16.2 Å². The zero-order chi connectivity index (χ0) is 14.7. The Kier molecular flexibility index (Phi) is 3.94. The number of carbonyl (C=O) groups is 1. The molecule has 2 aromatic carbocycles. The van der Waals surface area contributed by atoms with Crippen LogP contribution in [0.5, 0.6) is 5.75 Å². The predicted octanol–water partition coefficient (Wildman–Crippen LogP) is 2.77. The summed E-state index contributed by atoms with van der Waals surface area (Å²) in [6.07, 6.45) is 0. The Morgan fingerprint density at radius 2 is 1.95 bits per heavy atom. The second-order valence-electron chi connectivity index (χ2n) is 4.83. The van der Waals surface area contributed by atoms with Gasteiger partial charge in [-0.25, -0.2) is 0 Å². The third-order valence-corrected chi connectivity index (χ3v) is 3.27. The topological polar surface area (TPSA) is 75.4 Å². The smallest absolute Gasteiger partial charge is 0.251 e. The first-order valence-corrected chi connectivity index (χ1v) is 6.44. The molecule has 4 N–H and O–H groups in total. The molecule has 104 valence electrons. The largest absolute Gasteiger partial charge is 0.508 e. The van der Waals surface area contributed by atoms with E-state index in [9.17, 15) is 9.90 Å². The molecule has 2 aromatic rings. The standard InChI is InChI=1S/C16H18N2O2/c1-10-9-12(7-8-15(10)19)16(20)18-11(2)13-5-3-4-6-14(13)17/h3-9,11,19H,17H2,1-2H3,(H,18,20). The number of aryl methyl sites for hydroxylation is 1. The third kappa shape index (κ3) is 2.91. The van der Waals surface area contributed by atoms with Crippen molar-refractivity contribution in [2.45, 2.75) is 19.9 Å². The Morgan fingerprint density at radius 1 is 1.25 bits per heavy atom. The summed E-state index contributed by atoms with van der Waals surface area (Å²) in [5.41, 5.74) is 8.62. The highest BCUT2D eigenvalue weighted by Gasteiger charge is 2.13. The van der Waals surface area contributed by atoms with E-state index in [1.54, 1.807) is 19.1 Å². The number of nitrogens with two attached hydrogens (primary N) is 1. The number of aromatic hydroxyl groups is 1. The quantitative estimate of drug-likeness (QED) is 0.751. The van der Waals surface area contributed by atoms with E-state index >= 15 is 0 Å². The number of anilines is 1. The van der Waals surface area contributed by atoms with E-state index in [0.29, 0.717) is 16.8 Å². The molecule has 4 nitrogen and oxygen atoms in total. The van der Waals surface area contributed by atoms with Gasteiger partial charge in [0, 0.05) is 11.3 Å². The van der Waals surface area contributed by atoms with Gasteiger partial charge in [0.1, 0.15) is 5.75 Å². The molecular formula is C16H18N2O2. The summed E-state index contributed by atoms with van der Waals surface area (Å²) in [5, 5.41) is 12.4. The lowest BCUT2D eigenvalue weighted by molar-refractivity contribution is 0.0940. The van der Waals surface area contributed by atoms with E-state index in [-0.39, 0.29) is 17.7 Å². The predicted molar refractivity (Wildman–Crippen MR) is 79.6 cm³/mol. The van der Waals surface area contributed by atoms with Crippen LogP contribution in [0.25, 0.3) is 0 Å². The van der Waals surface area contributed by atoms with Gasteiger partial charge in [-0.05, 0) is 49.2 Å². The number of nitrogen functional groups attached to an aromatic ring is 1. The van der Waals surface area contributed by atoms with Crippen molar-refractivity contribution in [2.24, 2.45) is 0 Å². The van der Waals surface area contributed by atoms with E-state index in [4.69, 9.17) is 5.73 Å². The maximum absolute atomic E-state index is 12.2. The highest BCUT2D eigenvalue weighted by Crippen LogP contribution is 2.21. The average Bonchev–Trinajstić information content (AvgIpc) is 2.42. The number of phenolic OH excluding ortho intramolecular Hbond substituents is 1. The maximum Gasteiger partial charge on any atom is 0.251 e. The number of hydrogen-bond acceptors (Lipinski definition) is 3. The minimum Gasteiger partial charge on any atom is -0.508 e. The molecule has 0 aliphatic rings. The number of nitrogens with one attached hydrogen (secondary N) is 1. The van der Waals surface area contributed by atoms with Crippen molar-refractivity contribution in [3.63, 3.8) is 0 Å². The van der Waals surface area contributed by atoms with E-state index in [1.807, 2.05) is 31.2 Å². The number of hydrogen-bond donors (Lipinski definition) is 3. The Morgan fingerprint density at radius 3 is 2.60 bits per heavy atom. The van der Waals surface area contributed by atoms with Gasteiger partial charge in [-0.15, -0.1) is 0 Å². The molecule has 0 saturated carbocycles. The first-order valence-electron chi connectivity index (χ1n) is 6.44. The number of benzene rings is 2. The second-order valence-corrected chi connectivity index (χ2v) is 4.83. The molecule has 20 heavy (non-hydrogen) atoms. The fourth-order valence-corrected chi connectivity index (χ4v) is 2.06. The summed E-state index contributed by atoms with van der Waals surface area (Å²) < 4.78 is 0. The van der Waals surface area contributed by atoms with E-state index < -0.39 is 0 Å². The first kappa shape index (κ1) is 13.9. The zero-order valence-electron chi connectivity index (χ0n) is 11.6. The minimum absolute atomic E-state index is 0.182. The van der Waals surface area contributed by atoms with Gasteiger partial charge in [0.05, 0.1) is 6.04 Å². The van der Waals surface area contributed by atoms with Crippen molar-refractivity contribution in [1.82, 2.24) is 5.32 Å². The highest BCUT2D eigenvalue weighted by atomic mass is 16.3. The van der Waals surface area contributed by atoms with Crippen LogP contribution in [0.1, 0.15) is 34.5 Å². The first-order chi connectivity index (χ1) is 9.49. The van der Waals surface area contributed by atoms with Crippen LogP contribution in [0.3, 0.4) is 0 Å². The van der Waals surface area contributed by atoms with Crippen LogP contribution in [-0.2, 0) is 0 Å². The number of carbonyl (C=O) groups excluding carboxylic acids is 1. The van der Waals surface area contributed by atoms with Gasteiger partial charge in [-0.1, -0.05) is 18.2 Å². The van der Waals surface area contributed by atoms with Crippen molar-refractivity contribution in [2.75, 3.05) is 5.73 Å². The lowest BCUT2D eigenvalue weighted by Crippen LogP contribution is -2.27. The van der Waals surface area contributed by atoms with Gasteiger partial charge in [0.2, 0.25) is 0 Å². The SMILES string of the molecule is Cc1cc(C(=O)NC(C)c2ccccc2N)ccc1O. The molecule has 1 unspecified atom stereocenters. The Hall–Kier alpha value is -2.49. The molecule has 0 bridgehead atoms. The van der Waals surface area contributed by atoms with Crippen LogP contribution in [0.15, 0.2) is 42.5 Å². The molecule has 0 aliphatic carbocycles. The maximum atomic E-state index is 12.2. The summed E-state index contributed by atoms with van der Waals surface area (Å²) in [4.78, 5) is 12.2. The van der Waals surface area contributed by atoms with E-state index in [2.05, 4.69) is 5.32 Å². The highest BCUT2D eigenvalue weighted by molar-refractivity contribution is 5.94. The average molecular weight is 270 g/mol.